The molecule has 0 N–H and O–H groups in total. The molecule has 119 valence electrons. The van der Waals surface area contributed by atoms with Gasteiger partial charge in [-0.3, -0.25) is 9.59 Å². The van der Waals surface area contributed by atoms with Crippen molar-refractivity contribution in [3.63, 3.8) is 0 Å². The van der Waals surface area contributed by atoms with Crippen molar-refractivity contribution >= 4 is 11.8 Å². The van der Waals surface area contributed by atoms with Gasteiger partial charge in [0, 0.05) is 19.3 Å². The fourth-order valence-corrected chi connectivity index (χ4v) is 2.43. The molecule has 2 aliphatic rings. The Morgan fingerprint density at radius 1 is 1.33 bits per heavy atom. The summed E-state index contributed by atoms with van der Waals surface area (Å²) in [4.78, 5) is 22.0. The van der Waals surface area contributed by atoms with Crippen LogP contribution in [-0.2, 0) is 14.3 Å². The molecule has 2 rings (SSSR count). The fraction of sp³-hybridized carbons (Fsp3) is 0.722. The molecule has 0 unspecified atom stereocenters. The minimum Gasteiger partial charge on any atom is -0.462 e. The van der Waals surface area contributed by atoms with Crippen LogP contribution in [0.5, 0.6) is 0 Å². The van der Waals surface area contributed by atoms with E-state index in [1.807, 2.05) is 33.3 Å². The van der Waals surface area contributed by atoms with Crippen molar-refractivity contribution in [2.45, 2.75) is 72.3 Å². The van der Waals surface area contributed by atoms with Gasteiger partial charge in [-0.15, -0.1) is 0 Å². The van der Waals surface area contributed by atoms with Crippen molar-refractivity contribution in [1.82, 2.24) is 0 Å². The monoisotopic (exact) mass is 293 g/mol. The highest BCUT2D eigenvalue weighted by Gasteiger charge is 2.24. The summed E-state index contributed by atoms with van der Waals surface area (Å²) in [5.41, 5.74) is 0.923. The smallest absolute Gasteiger partial charge is 0.306 e. The van der Waals surface area contributed by atoms with Crippen molar-refractivity contribution in [2.75, 3.05) is 0 Å². The molecule has 0 aliphatic heterocycles. The topological polar surface area (TPSA) is 43.4 Å². The van der Waals surface area contributed by atoms with E-state index in [4.69, 9.17) is 4.74 Å². The lowest BCUT2D eigenvalue weighted by Gasteiger charge is -2.12. The number of hydrogen-bond acceptors (Lipinski definition) is 3. The molecule has 0 aromatic carbocycles. The van der Waals surface area contributed by atoms with Crippen LogP contribution in [0.2, 0.25) is 0 Å². The molecule has 3 nitrogen and oxygen atoms in total. The van der Waals surface area contributed by atoms with Crippen molar-refractivity contribution < 1.29 is 14.3 Å². The van der Waals surface area contributed by atoms with E-state index in [1.165, 1.54) is 6.42 Å². The van der Waals surface area contributed by atoms with Crippen LogP contribution in [0.15, 0.2) is 11.6 Å². The highest BCUT2D eigenvalue weighted by Crippen LogP contribution is 2.27. The third-order valence-electron chi connectivity index (χ3n) is 3.65. The first-order chi connectivity index (χ1) is 9.92. The molecule has 1 saturated carbocycles. The van der Waals surface area contributed by atoms with E-state index >= 15 is 0 Å². The van der Waals surface area contributed by atoms with Crippen LogP contribution in [0, 0.1) is 18.3 Å². The lowest BCUT2D eigenvalue weighted by Crippen LogP contribution is -2.16. The molecule has 1 radical (unpaired) electrons. The van der Waals surface area contributed by atoms with E-state index < -0.39 is 0 Å². The van der Waals surface area contributed by atoms with Crippen LogP contribution in [-0.4, -0.2) is 17.9 Å². The van der Waals surface area contributed by atoms with Gasteiger partial charge in [-0.25, -0.2) is 0 Å². The number of carbonyl (C=O) groups is 2. The van der Waals surface area contributed by atoms with E-state index in [-0.39, 0.29) is 12.1 Å². The summed E-state index contributed by atoms with van der Waals surface area (Å²) in [6.45, 7) is 8.31. The fourth-order valence-electron chi connectivity index (χ4n) is 2.43. The quantitative estimate of drug-likeness (QED) is 0.687. The maximum absolute atomic E-state index is 11.3. The van der Waals surface area contributed by atoms with E-state index in [0.29, 0.717) is 24.5 Å². The van der Waals surface area contributed by atoms with Crippen LogP contribution in [0.25, 0.3) is 0 Å². The van der Waals surface area contributed by atoms with Gasteiger partial charge in [0.15, 0.2) is 5.78 Å². The van der Waals surface area contributed by atoms with Crippen molar-refractivity contribution in [2.24, 2.45) is 11.8 Å². The third kappa shape index (κ3) is 8.03. The lowest BCUT2D eigenvalue weighted by molar-refractivity contribution is -0.149. The molecule has 0 saturated heterocycles. The van der Waals surface area contributed by atoms with Crippen LogP contribution >= 0.6 is 0 Å². The summed E-state index contributed by atoms with van der Waals surface area (Å²) in [5.74, 6) is 1.42. The van der Waals surface area contributed by atoms with Crippen LogP contribution in [0.3, 0.4) is 0 Å². The Morgan fingerprint density at radius 3 is 2.43 bits per heavy atom. The second-order valence-electron chi connectivity index (χ2n) is 6.59. The van der Waals surface area contributed by atoms with E-state index in [1.54, 1.807) is 0 Å². The first kappa shape index (κ1) is 17.9. The Hall–Kier alpha value is -1.12. The van der Waals surface area contributed by atoms with Gasteiger partial charge in [-0.1, -0.05) is 33.8 Å². The van der Waals surface area contributed by atoms with Gasteiger partial charge in [0.2, 0.25) is 0 Å². The SMILES string of the molecule is CC(C)CC(=O)O[C@H]1CC[C@@H](C)C1.CCCC(=O)C1=C[CH]1. The highest BCUT2D eigenvalue weighted by molar-refractivity contribution is 6.02. The Labute approximate surface area is 129 Å². The normalized spacial score (nSPS) is 23.2. The zero-order valence-corrected chi connectivity index (χ0v) is 13.9. The first-order valence-electron chi connectivity index (χ1n) is 8.20. The van der Waals surface area contributed by atoms with E-state index in [9.17, 15) is 9.59 Å². The summed E-state index contributed by atoms with van der Waals surface area (Å²) in [7, 11) is 0. The summed E-state index contributed by atoms with van der Waals surface area (Å²) < 4.78 is 5.35. The summed E-state index contributed by atoms with van der Waals surface area (Å²) in [5, 5.41) is 0. The summed E-state index contributed by atoms with van der Waals surface area (Å²) in [6, 6.07) is 0. The summed E-state index contributed by atoms with van der Waals surface area (Å²) >= 11 is 0. The molecule has 21 heavy (non-hydrogen) atoms. The zero-order valence-electron chi connectivity index (χ0n) is 13.9. The maximum atomic E-state index is 11.3. The van der Waals surface area contributed by atoms with Gasteiger partial charge in [0.25, 0.3) is 0 Å². The Balaban J connectivity index is 0.000000235. The molecule has 0 spiro atoms. The predicted molar refractivity (Wildman–Crippen MR) is 84.6 cm³/mol. The third-order valence-corrected chi connectivity index (χ3v) is 3.65. The number of Topliss-reactive ketones (excluding diaryl/α,β-unsaturated/α-hetero) is 1. The molecular formula is C18H29O3. The number of rotatable bonds is 6. The van der Waals surface area contributed by atoms with Gasteiger partial charge in [0.1, 0.15) is 6.10 Å². The lowest BCUT2D eigenvalue weighted by atomic mass is 10.1. The summed E-state index contributed by atoms with van der Waals surface area (Å²) in [6.07, 6.45) is 9.49. The number of allylic oxidation sites excluding steroid dienone is 2. The molecule has 2 aliphatic carbocycles. The molecule has 0 amide bonds. The number of ketones is 1. The predicted octanol–water partition coefficient (Wildman–Crippen LogP) is 4.26. The van der Waals surface area contributed by atoms with Gasteiger partial charge in [0.05, 0.1) is 0 Å². The molecular weight excluding hydrogens is 264 g/mol. The van der Waals surface area contributed by atoms with Crippen molar-refractivity contribution in [3.8, 4) is 0 Å². The van der Waals surface area contributed by atoms with E-state index in [2.05, 4.69) is 6.92 Å². The number of esters is 1. The second-order valence-corrected chi connectivity index (χ2v) is 6.59. The number of carbonyl (C=O) groups excluding carboxylic acids is 2. The van der Waals surface area contributed by atoms with Gasteiger partial charge in [-0.05, 0) is 43.1 Å². The molecule has 2 atom stereocenters. The first-order valence-corrected chi connectivity index (χ1v) is 8.20. The minimum absolute atomic E-state index is 0.0194. The van der Waals surface area contributed by atoms with Crippen molar-refractivity contribution in [3.05, 3.63) is 18.1 Å². The Bertz CT molecular complexity index is 382. The average molecular weight is 293 g/mol. The number of ether oxygens (including phenoxy) is 1. The molecule has 3 heteroatoms. The zero-order chi connectivity index (χ0) is 15.8. The molecule has 0 aromatic heterocycles. The van der Waals surface area contributed by atoms with Gasteiger partial charge < -0.3 is 4.74 Å². The maximum Gasteiger partial charge on any atom is 0.306 e. The van der Waals surface area contributed by atoms with Crippen LogP contribution in [0.4, 0.5) is 0 Å². The van der Waals surface area contributed by atoms with Gasteiger partial charge >= 0.3 is 5.97 Å². The average Bonchev–Trinajstić information content (AvgIpc) is 3.14. The van der Waals surface area contributed by atoms with Crippen LogP contribution < -0.4 is 0 Å². The minimum atomic E-state index is -0.0194. The van der Waals surface area contributed by atoms with Gasteiger partial charge in [-0.2, -0.15) is 0 Å². The Morgan fingerprint density at radius 2 is 2.00 bits per heavy atom. The Kier molecular flexibility index (Phi) is 7.69. The largest absolute Gasteiger partial charge is 0.462 e. The van der Waals surface area contributed by atoms with Crippen LogP contribution in [0.1, 0.15) is 66.2 Å². The molecule has 0 heterocycles. The number of hydrogen-bond donors (Lipinski definition) is 0. The molecule has 0 bridgehead atoms. The highest BCUT2D eigenvalue weighted by atomic mass is 16.5. The van der Waals surface area contributed by atoms with Crippen molar-refractivity contribution in [1.29, 1.82) is 0 Å². The van der Waals surface area contributed by atoms with E-state index in [0.717, 1.165) is 30.8 Å². The standard InChI is InChI=1S/C11H20O2.C7H9O/c1-8(2)6-11(12)13-10-5-4-9(3)7-10;1-2-3-7(8)6-4-5-6/h8-10H,4-7H2,1-3H3;4-5H,2-3H2,1H3/t9-,10+;/m1./s1. The second kappa shape index (κ2) is 9.01. The molecule has 0 aromatic rings. The molecule has 1 fully saturated rings.